The number of nitro groups is 1. The van der Waals surface area contributed by atoms with Crippen LogP contribution in [0.25, 0.3) is 0 Å². The van der Waals surface area contributed by atoms with Crippen LogP contribution < -0.4 is 11.1 Å². The highest BCUT2D eigenvalue weighted by atomic mass is 16.6. The van der Waals surface area contributed by atoms with Crippen LogP contribution in [0.15, 0.2) is 18.2 Å². The minimum Gasteiger partial charge on any atom is -0.502 e. The second-order valence-electron chi connectivity index (χ2n) is 3.40. The molecule has 0 spiro atoms. The molecule has 1 aromatic carbocycles. The Balaban J connectivity index is 2.83. The zero-order chi connectivity index (χ0) is 13.7. The van der Waals surface area contributed by atoms with Gasteiger partial charge in [-0.05, 0) is 6.07 Å². The molecule has 8 nitrogen and oxygen atoms in total. The minimum atomic E-state index is -0.796. The third-order valence-electron chi connectivity index (χ3n) is 2.11. The number of carbonyl (C=O) groups excluding carboxylic acids is 2. The van der Waals surface area contributed by atoms with Gasteiger partial charge >= 0.3 is 5.69 Å². The lowest BCUT2D eigenvalue weighted by molar-refractivity contribution is -0.385. The van der Waals surface area contributed by atoms with Crippen molar-refractivity contribution < 1.29 is 19.6 Å². The van der Waals surface area contributed by atoms with Crippen molar-refractivity contribution in [3.05, 3.63) is 33.9 Å². The van der Waals surface area contributed by atoms with Crippen LogP contribution in [-0.4, -0.2) is 28.4 Å². The molecule has 0 unspecified atom stereocenters. The van der Waals surface area contributed by atoms with E-state index in [0.29, 0.717) is 0 Å². The molecule has 0 aliphatic heterocycles. The molecule has 0 fully saturated rings. The molecule has 18 heavy (non-hydrogen) atoms. The number of primary amides is 1. The van der Waals surface area contributed by atoms with E-state index in [9.17, 15) is 24.8 Å². The SMILES string of the molecule is NC(=O)CCNC(=O)c1cccc([N+](=O)[O-])c1O. The van der Waals surface area contributed by atoms with Crippen LogP contribution >= 0.6 is 0 Å². The zero-order valence-corrected chi connectivity index (χ0v) is 9.25. The topological polar surface area (TPSA) is 136 Å². The van der Waals surface area contributed by atoms with Crippen molar-refractivity contribution in [1.82, 2.24) is 5.32 Å². The molecule has 1 rings (SSSR count). The first-order chi connectivity index (χ1) is 8.43. The predicted octanol–water partition coefficient (Wildman–Crippen LogP) is -0.0944. The number of phenolic OH excluding ortho intramolecular Hbond substituents is 1. The minimum absolute atomic E-state index is 0.00367. The largest absolute Gasteiger partial charge is 0.502 e. The number of nitrogens with zero attached hydrogens (tertiary/aromatic N) is 1. The van der Waals surface area contributed by atoms with Crippen LogP contribution in [0.5, 0.6) is 5.75 Å². The maximum absolute atomic E-state index is 11.6. The number of nitrogens with one attached hydrogen (secondary N) is 1. The Hall–Kier alpha value is -2.64. The van der Waals surface area contributed by atoms with Gasteiger partial charge in [-0.15, -0.1) is 0 Å². The standard InChI is InChI=1S/C10H11N3O5/c11-8(14)4-5-12-10(16)6-2-1-3-7(9(6)15)13(17)18/h1-3,15H,4-5H2,(H2,11,14)(H,12,16). The number of nitro benzene ring substituents is 1. The molecule has 0 aliphatic rings. The van der Waals surface area contributed by atoms with Gasteiger partial charge in [0.25, 0.3) is 5.91 Å². The molecule has 8 heteroatoms. The highest BCUT2D eigenvalue weighted by molar-refractivity contribution is 5.98. The molecule has 0 atom stereocenters. The Morgan fingerprint density at radius 2 is 2.11 bits per heavy atom. The van der Waals surface area contributed by atoms with Crippen molar-refractivity contribution in [2.24, 2.45) is 5.73 Å². The molecule has 0 radical (unpaired) electrons. The summed E-state index contributed by atoms with van der Waals surface area (Å²) in [6.07, 6.45) is -0.0541. The Morgan fingerprint density at radius 1 is 1.44 bits per heavy atom. The van der Waals surface area contributed by atoms with Crippen LogP contribution in [0.4, 0.5) is 5.69 Å². The monoisotopic (exact) mass is 253 g/mol. The van der Waals surface area contributed by atoms with Crippen LogP contribution in [-0.2, 0) is 4.79 Å². The van der Waals surface area contributed by atoms with E-state index >= 15 is 0 Å². The first-order valence-corrected chi connectivity index (χ1v) is 4.96. The Kier molecular flexibility index (Phi) is 4.19. The summed E-state index contributed by atoms with van der Waals surface area (Å²) < 4.78 is 0. The lowest BCUT2D eigenvalue weighted by Gasteiger charge is -2.05. The van der Waals surface area contributed by atoms with Gasteiger partial charge in [0, 0.05) is 19.0 Å². The molecule has 0 heterocycles. The third-order valence-corrected chi connectivity index (χ3v) is 2.11. The average Bonchev–Trinajstić information content (AvgIpc) is 2.28. The van der Waals surface area contributed by atoms with E-state index in [1.165, 1.54) is 12.1 Å². The number of para-hydroxylation sites is 1. The summed E-state index contributed by atoms with van der Waals surface area (Å²) in [6, 6.07) is 3.60. The third kappa shape index (κ3) is 3.17. The summed E-state index contributed by atoms with van der Waals surface area (Å²) in [6.45, 7) is -0.00367. The zero-order valence-electron chi connectivity index (χ0n) is 9.25. The number of phenols is 1. The summed E-state index contributed by atoms with van der Waals surface area (Å²) in [5.74, 6) is -2.00. The van der Waals surface area contributed by atoms with Crippen molar-refractivity contribution in [3.8, 4) is 5.75 Å². The van der Waals surface area contributed by atoms with Gasteiger partial charge in [0.2, 0.25) is 11.7 Å². The summed E-state index contributed by atoms with van der Waals surface area (Å²) in [5.41, 5.74) is 4.10. The van der Waals surface area contributed by atoms with Crippen molar-refractivity contribution in [2.45, 2.75) is 6.42 Å². The molecular weight excluding hydrogens is 242 g/mol. The maximum atomic E-state index is 11.6. The maximum Gasteiger partial charge on any atom is 0.311 e. The molecule has 0 bridgehead atoms. The molecule has 0 aromatic heterocycles. The number of hydrogen-bond acceptors (Lipinski definition) is 5. The first-order valence-electron chi connectivity index (χ1n) is 4.96. The highest BCUT2D eigenvalue weighted by Gasteiger charge is 2.20. The van der Waals surface area contributed by atoms with Crippen LogP contribution in [0.2, 0.25) is 0 Å². The Bertz CT molecular complexity index is 500. The number of amides is 2. The fourth-order valence-corrected chi connectivity index (χ4v) is 1.26. The summed E-state index contributed by atoms with van der Waals surface area (Å²) in [4.78, 5) is 31.8. The van der Waals surface area contributed by atoms with Crippen molar-refractivity contribution in [1.29, 1.82) is 0 Å². The van der Waals surface area contributed by atoms with Crippen molar-refractivity contribution >= 4 is 17.5 Å². The summed E-state index contributed by atoms with van der Waals surface area (Å²) >= 11 is 0. The van der Waals surface area contributed by atoms with Gasteiger partial charge in [-0.2, -0.15) is 0 Å². The van der Waals surface area contributed by atoms with Crippen LogP contribution in [0.3, 0.4) is 0 Å². The van der Waals surface area contributed by atoms with Gasteiger partial charge in [-0.3, -0.25) is 19.7 Å². The van der Waals surface area contributed by atoms with Gasteiger partial charge in [0.15, 0.2) is 0 Å². The smallest absolute Gasteiger partial charge is 0.311 e. The molecule has 0 aliphatic carbocycles. The summed E-state index contributed by atoms with van der Waals surface area (Å²) in [5, 5.41) is 22.4. The number of nitrogens with two attached hydrogens (primary N) is 1. The number of rotatable bonds is 5. The van der Waals surface area contributed by atoms with Gasteiger partial charge in [0.05, 0.1) is 10.5 Å². The number of benzene rings is 1. The Labute approximate surface area is 102 Å². The van der Waals surface area contributed by atoms with Gasteiger partial charge in [0.1, 0.15) is 0 Å². The van der Waals surface area contributed by atoms with E-state index in [-0.39, 0.29) is 18.5 Å². The first kappa shape index (κ1) is 13.4. The van der Waals surface area contributed by atoms with E-state index in [0.717, 1.165) is 6.07 Å². The molecule has 0 saturated heterocycles. The van der Waals surface area contributed by atoms with E-state index < -0.39 is 28.2 Å². The van der Waals surface area contributed by atoms with E-state index in [2.05, 4.69) is 5.32 Å². The van der Waals surface area contributed by atoms with Gasteiger partial charge < -0.3 is 16.2 Å². The summed E-state index contributed by atoms with van der Waals surface area (Å²) in [7, 11) is 0. The quantitative estimate of drug-likeness (QED) is 0.497. The van der Waals surface area contributed by atoms with E-state index in [4.69, 9.17) is 5.73 Å². The van der Waals surface area contributed by atoms with Crippen molar-refractivity contribution in [2.75, 3.05) is 6.54 Å². The molecule has 96 valence electrons. The molecule has 4 N–H and O–H groups in total. The molecular formula is C10H11N3O5. The van der Waals surface area contributed by atoms with Crippen LogP contribution in [0.1, 0.15) is 16.8 Å². The lowest BCUT2D eigenvalue weighted by Crippen LogP contribution is -2.27. The predicted molar refractivity (Wildman–Crippen MR) is 60.9 cm³/mol. The Morgan fingerprint density at radius 3 is 2.67 bits per heavy atom. The fraction of sp³-hybridized carbons (Fsp3) is 0.200. The number of hydrogen-bond donors (Lipinski definition) is 3. The van der Waals surface area contributed by atoms with Gasteiger partial charge in [-0.25, -0.2) is 0 Å². The fourth-order valence-electron chi connectivity index (χ4n) is 1.26. The molecule has 0 saturated carbocycles. The lowest BCUT2D eigenvalue weighted by atomic mass is 10.1. The number of carbonyl (C=O) groups is 2. The number of aromatic hydroxyl groups is 1. The molecule has 1 aromatic rings. The highest BCUT2D eigenvalue weighted by Crippen LogP contribution is 2.28. The van der Waals surface area contributed by atoms with E-state index in [1.54, 1.807) is 0 Å². The second kappa shape index (κ2) is 5.62. The molecule has 2 amide bonds. The second-order valence-corrected chi connectivity index (χ2v) is 3.40. The van der Waals surface area contributed by atoms with Gasteiger partial charge in [-0.1, -0.05) is 6.07 Å². The van der Waals surface area contributed by atoms with Crippen LogP contribution in [0, 0.1) is 10.1 Å². The van der Waals surface area contributed by atoms with E-state index in [1.807, 2.05) is 0 Å². The average molecular weight is 253 g/mol. The van der Waals surface area contributed by atoms with Crippen molar-refractivity contribution in [3.63, 3.8) is 0 Å². The normalized spacial score (nSPS) is 9.78.